The van der Waals surface area contributed by atoms with Crippen molar-refractivity contribution in [3.63, 3.8) is 0 Å². The molecule has 134 valence electrons. The van der Waals surface area contributed by atoms with Crippen molar-refractivity contribution >= 4 is 11.9 Å². The second-order valence-corrected chi connectivity index (χ2v) is 6.07. The number of hydrogen-bond acceptors (Lipinski definition) is 4. The lowest BCUT2D eigenvalue weighted by molar-refractivity contribution is -0.144. The highest BCUT2D eigenvalue weighted by molar-refractivity contribution is 5.78. The van der Waals surface area contributed by atoms with Crippen molar-refractivity contribution in [1.82, 2.24) is 4.90 Å². The Balaban J connectivity index is 2.54. The van der Waals surface area contributed by atoms with Crippen LogP contribution >= 0.6 is 0 Å². The summed E-state index contributed by atoms with van der Waals surface area (Å²) >= 11 is 0. The number of benzene rings is 1. The number of esters is 1. The highest BCUT2D eigenvalue weighted by Gasteiger charge is 2.17. The van der Waals surface area contributed by atoms with Gasteiger partial charge in [-0.15, -0.1) is 0 Å². The molecule has 0 unspecified atom stereocenters. The van der Waals surface area contributed by atoms with E-state index >= 15 is 0 Å². The van der Waals surface area contributed by atoms with E-state index in [1.807, 2.05) is 38.1 Å². The predicted octanol–water partition coefficient (Wildman–Crippen LogP) is 3.07. The Morgan fingerprint density at radius 2 is 1.79 bits per heavy atom. The lowest BCUT2D eigenvalue weighted by atomic mass is 10.2. The third kappa shape index (κ3) is 7.49. The molecule has 0 aliphatic heterocycles. The summed E-state index contributed by atoms with van der Waals surface area (Å²) in [5.41, 5.74) is 1.23. The summed E-state index contributed by atoms with van der Waals surface area (Å²) < 4.78 is 10.5. The maximum atomic E-state index is 12.4. The molecular formula is C19H29NO4. The Kier molecular flexibility index (Phi) is 8.90. The first-order valence-electron chi connectivity index (χ1n) is 8.61. The minimum Gasteiger partial charge on any atom is -0.484 e. The molecule has 0 saturated heterocycles. The zero-order valence-corrected chi connectivity index (χ0v) is 15.2. The van der Waals surface area contributed by atoms with Crippen LogP contribution in [0.5, 0.6) is 5.75 Å². The average Bonchev–Trinajstić information content (AvgIpc) is 2.56. The van der Waals surface area contributed by atoms with Crippen LogP contribution in [-0.4, -0.2) is 43.1 Å². The first-order valence-corrected chi connectivity index (χ1v) is 8.61. The fraction of sp³-hybridized carbons (Fsp3) is 0.579. The van der Waals surface area contributed by atoms with Gasteiger partial charge in [0.15, 0.2) is 6.61 Å². The first kappa shape index (κ1) is 20.0. The fourth-order valence-corrected chi connectivity index (χ4v) is 2.28. The van der Waals surface area contributed by atoms with Crippen molar-refractivity contribution in [3.05, 3.63) is 29.8 Å². The van der Waals surface area contributed by atoms with Gasteiger partial charge in [-0.3, -0.25) is 9.59 Å². The van der Waals surface area contributed by atoms with Gasteiger partial charge in [0, 0.05) is 13.1 Å². The SMILES string of the molecule is CCOC(=O)CCN(CC(C)C)C(=O)COc1ccc(CC)cc1. The molecule has 24 heavy (non-hydrogen) atoms. The molecule has 0 heterocycles. The fourth-order valence-electron chi connectivity index (χ4n) is 2.28. The van der Waals surface area contributed by atoms with Crippen molar-refractivity contribution < 1.29 is 19.1 Å². The quantitative estimate of drug-likeness (QED) is 0.617. The lowest BCUT2D eigenvalue weighted by Crippen LogP contribution is -2.39. The van der Waals surface area contributed by atoms with Gasteiger partial charge in [-0.05, 0) is 37.0 Å². The normalized spacial score (nSPS) is 10.5. The van der Waals surface area contributed by atoms with Gasteiger partial charge in [0.2, 0.25) is 0 Å². The predicted molar refractivity (Wildman–Crippen MR) is 94.0 cm³/mol. The van der Waals surface area contributed by atoms with Crippen LogP contribution in [0.1, 0.15) is 39.7 Å². The summed E-state index contributed by atoms with van der Waals surface area (Å²) in [4.78, 5) is 25.6. The molecule has 0 aliphatic carbocycles. The van der Waals surface area contributed by atoms with Crippen molar-refractivity contribution in [1.29, 1.82) is 0 Å². The van der Waals surface area contributed by atoms with Gasteiger partial charge in [-0.25, -0.2) is 0 Å². The van der Waals surface area contributed by atoms with Crippen LogP contribution in [0.15, 0.2) is 24.3 Å². The maximum absolute atomic E-state index is 12.4. The van der Waals surface area contributed by atoms with E-state index in [-0.39, 0.29) is 24.9 Å². The number of amides is 1. The second kappa shape index (κ2) is 10.7. The van der Waals surface area contributed by atoms with Gasteiger partial charge in [-0.1, -0.05) is 32.9 Å². The number of ether oxygens (including phenoxy) is 2. The van der Waals surface area contributed by atoms with Crippen LogP contribution in [0.25, 0.3) is 0 Å². The standard InChI is InChI=1S/C19H29NO4/c1-5-16-7-9-17(10-8-16)24-14-18(21)20(13-15(3)4)12-11-19(22)23-6-2/h7-10,15H,5-6,11-14H2,1-4H3. The third-order valence-corrected chi connectivity index (χ3v) is 3.52. The summed E-state index contributed by atoms with van der Waals surface area (Å²) in [7, 11) is 0. The van der Waals surface area contributed by atoms with Crippen molar-refractivity contribution in [3.8, 4) is 5.75 Å². The molecule has 1 aromatic carbocycles. The molecule has 0 spiro atoms. The molecule has 5 nitrogen and oxygen atoms in total. The molecule has 1 amide bonds. The smallest absolute Gasteiger partial charge is 0.307 e. The topological polar surface area (TPSA) is 55.8 Å². The Bertz CT molecular complexity index is 511. The van der Waals surface area contributed by atoms with Crippen LogP contribution < -0.4 is 4.74 Å². The molecule has 1 aromatic rings. The molecule has 0 radical (unpaired) electrons. The number of aryl methyl sites for hydroxylation is 1. The van der Waals surface area contributed by atoms with Crippen LogP contribution in [0.4, 0.5) is 0 Å². The molecular weight excluding hydrogens is 306 g/mol. The molecule has 0 aromatic heterocycles. The largest absolute Gasteiger partial charge is 0.484 e. The van der Waals surface area contributed by atoms with E-state index in [1.165, 1.54) is 5.56 Å². The highest BCUT2D eigenvalue weighted by Crippen LogP contribution is 2.13. The van der Waals surface area contributed by atoms with Crippen molar-refractivity contribution in [2.45, 2.75) is 40.5 Å². The monoisotopic (exact) mass is 335 g/mol. The number of rotatable bonds is 10. The molecule has 0 aliphatic rings. The minimum atomic E-state index is -0.282. The Morgan fingerprint density at radius 3 is 2.33 bits per heavy atom. The Morgan fingerprint density at radius 1 is 1.12 bits per heavy atom. The highest BCUT2D eigenvalue weighted by atomic mass is 16.5. The summed E-state index contributed by atoms with van der Waals surface area (Å²) in [6.07, 6.45) is 1.17. The summed E-state index contributed by atoms with van der Waals surface area (Å²) in [6.45, 7) is 9.21. The molecule has 5 heteroatoms. The van der Waals surface area contributed by atoms with E-state index in [2.05, 4.69) is 6.92 Å². The Labute approximate surface area is 144 Å². The average molecular weight is 335 g/mol. The zero-order valence-electron chi connectivity index (χ0n) is 15.2. The lowest BCUT2D eigenvalue weighted by Gasteiger charge is -2.24. The third-order valence-electron chi connectivity index (χ3n) is 3.52. The van der Waals surface area contributed by atoms with E-state index in [1.54, 1.807) is 11.8 Å². The van der Waals surface area contributed by atoms with Gasteiger partial charge >= 0.3 is 5.97 Å². The Hall–Kier alpha value is -2.04. The number of carbonyl (C=O) groups is 2. The summed E-state index contributed by atoms with van der Waals surface area (Å²) in [5.74, 6) is 0.595. The minimum absolute atomic E-state index is 0.0268. The van der Waals surface area contributed by atoms with Gasteiger partial charge in [0.25, 0.3) is 5.91 Å². The maximum Gasteiger partial charge on any atom is 0.307 e. The van der Waals surface area contributed by atoms with Crippen LogP contribution in [0.2, 0.25) is 0 Å². The van der Waals surface area contributed by atoms with E-state index < -0.39 is 0 Å². The molecule has 0 bridgehead atoms. The molecule has 0 atom stereocenters. The van der Waals surface area contributed by atoms with Crippen LogP contribution in [0.3, 0.4) is 0 Å². The van der Waals surface area contributed by atoms with Gasteiger partial charge < -0.3 is 14.4 Å². The van der Waals surface area contributed by atoms with Crippen LogP contribution in [-0.2, 0) is 20.7 Å². The van der Waals surface area contributed by atoms with Crippen molar-refractivity contribution in [2.75, 3.05) is 26.3 Å². The summed E-state index contributed by atoms with van der Waals surface area (Å²) in [6, 6.07) is 7.73. The molecule has 1 rings (SSSR count). The molecule has 0 fully saturated rings. The number of nitrogens with zero attached hydrogens (tertiary/aromatic N) is 1. The van der Waals surface area contributed by atoms with E-state index in [9.17, 15) is 9.59 Å². The van der Waals surface area contributed by atoms with Gasteiger partial charge in [0.05, 0.1) is 13.0 Å². The second-order valence-electron chi connectivity index (χ2n) is 6.07. The van der Waals surface area contributed by atoms with E-state index in [0.29, 0.717) is 31.4 Å². The van der Waals surface area contributed by atoms with Crippen LogP contribution in [0, 0.1) is 5.92 Å². The van der Waals surface area contributed by atoms with Crippen molar-refractivity contribution in [2.24, 2.45) is 5.92 Å². The van der Waals surface area contributed by atoms with E-state index in [0.717, 1.165) is 6.42 Å². The van der Waals surface area contributed by atoms with Gasteiger partial charge in [-0.2, -0.15) is 0 Å². The summed E-state index contributed by atoms with van der Waals surface area (Å²) in [5, 5.41) is 0. The molecule has 0 N–H and O–H groups in total. The van der Waals surface area contributed by atoms with Gasteiger partial charge in [0.1, 0.15) is 5.75 Å². The molecule has 0 saturated carbocycles. The first-order chi connectivity index (χ1) is 11.5. The van der Waals surface area contributed by atoms with E-state index in [4.69, 9.17) is 9.47 Å². The number of hydrogen-bond donors (Lipinski definition) is 0. The number of carbonyl (C=O) groups excluding carboxylic acids is 2. The zero-order chi connectivity index (χ0) is 17.9.